The molecule has 19 heavy (non-hydrogen) atoms. The van der Waals surface area contributed by atoms with E-state index >= 15 is 0 Å². The summed E-state index contributed by atoms with van der Waals surface area (Å²) in [6.45, 7) is 5.45. The highest BCUT2D eigenvalue weighted by molar-refractivity contribution is 6.32. The molecule has 1 N–H and O–H groups in total. The summed E-state index contributed by atoms with van der Waals surface area (Å²) in [5.41, 5.74) is 0.804. The summed E-state index contributed by atoms with van der Waals surface area (Å²) >= 11 is 5.90. The Balaban J connectivity index is 1.97. The van der Waals surface area contributed by atoms with Gasteiger partial charge in [0.25, 0.3) is 5.69 Å². The molecule has 0 aliphatic carbocycles. The molecular formula is C13H18ClN3O2. The van der Waals surface area contributed by atoms with Gasteiger partial charge < -0.3 is 10.2 Å². The lowest BCUT2D eigenvalue weighted by atomic mass is 10.0. The van der Waals surface area contributed by atoms with E-state index in [4.69, 9.17) is 11.6 Å². The predicted molar refractivity (Wildman–Crippen MR) is 76.9 cm³/mol. The van der Waals surface area contributed by atoms with Crippen molar-refractivity contribution >= 4 is 23.0 Å². The number of rotatable bonds is 4. The summed E-state index contributed by atoms with van der Waals surface area (Å²) in [6, 6.07) is 5.22. The fraction of sp³-hybridized carbons (Fsp3) is 0.538. The first-order valence-corrected chi connectivity index (χ1v) is 6.90. The molecule has 1 aromatic rings. The van der Waals surface area contributed by atoms with Gasteiger partial charge in [0, 0.05) is 30.9 Å². The van der Waals surface area contributed by atoms with Crippen molar-refractivity contribution in [2.75, 3.05) is 25.0 Å². The lowest BCUT2D eigenvalue weighted by molar-refractivity contribution is -0.384. The van der Waals surface area contributed by atoms with Crippen molar-refractivity contribution in [2.24, 2.45) is 0 Å². The van der Waals surface area contributed by atoms with Crippen molar-refractivity contribution in [1.82, 2.24) is 4.90 Å². The molecule has 0 saturated carbocycles. The first kappa shape index (κ1) is 14.1. The Labute approximate surface area is 117 Å². The maximum atomic E-state index is 10.7. The van der Waals surface area contributed by atoms with E-state index in [1.165, 1.54) is 6.07 Å². The van der Waals surface area contributed by atoms with Crippen LogP contribution in [0.15, 0.2) is 18.2 Å². The van der Waals surface area contributed by atoms with E-state index in [2.05, 4.69) is 17.1 Å². The molecule has 104 valence electrons. The molecular weight excluding hydrogens is 266 g/mol. The molecule has 1 heterocycles. The second-order valence-electron chi connectivity index (χ2n) is 4.78. The van der Waals surface area contributed by atoms with E-state index in [-0.39, 0.29) is 10.7 Å². The Morgan fingerprint density at radius 3 is 2.68 bits per heavy atom. The Kier molecular flexibility index (Phi) is 4.61. The second-order valence-corrected chi connectivity index (χ2v) is 5.18. The van der Waals surface area contributed by atoms with E-state index < -0.39 is 4.92 Å². The number of anilines is 1. The smallest absolute Gasteiger partial charge is 0.288 e. The Hall–Kier alpha value is -1.33. The van der Waals surface area contributed by atoms with Crippen LogP contribution in [0.4, 0.5) is 11.4 Å². The van der Waals surface area contributed by atoms with Crippen LogP contribution in [0, 0.1) is 10.1 Å². The minimum absolute atomic E-state index is 0.0481. The fourth-order valence-corrected chi connectivity index (χ4v) is 2.62. The van der Waals surface area contributed by atoms with Crippen molar-refractivity contribution < 1.29 is 4.92 Å². The quantitative estimate of drug-likeness (QED) is 0.681. The van der Waals surface area contributed by atoms with Crippen molar-refractivity contribution in [3.63, 3.8) is 0 Å². The van der Waals surface area contributed by atoms with Crippen LogP contribution >= 0.6 is 11.6 Å². The van der Waals surface area contributed by atoms with Crippen LogP contribution in [-0.2, 0) is 0 Å². The highest BCUT2D eigenvalue weighted by Gasteiger charge is 2.19. The van der Waals surface area contributed by atoms with Crippen molar-refractivity contribution in [1.29, 1.82) is 0 Å². The third kappa shape index (κ3) is 3.58. The number of halogens is 1. The highest BCUT2D eigenvalue weighted by Crippen LogP contribution is 2.28. The number of hydrogen-bond donors (Lipinski definition) is 1. The number of likely N-dealkylation sites (tertiary alicyclic amines) is 1. The molecule has 0 radical (unpaired) electrons. The van der Waals surface area contributed by atoms with Gasteiger partial charge in [-0.05, 0) is 31.5 Å². The summed E-state index contributed by atoms with van der Waals surface area (Å²) in [5.74, 6) is 0. The van der Waals surface area contributed by atoms with Gasteiger partial charge in [-0.1, -0.05) is 18.5 Å². The predicted octanol–water partition coefficient (Wildman–Crippen LogP) is 3.14. The van der Waals surface area contributed by atoms with E-state index in [1.54, 1.807) is 12.1 Å². The van der Waals surface area contributed by atoms with Gasteiger partial charge in [-0.15, -0.1) is 0 Å². The topological polar surface area (TPSA) is 58.4 Å². The first-order valence-electron chi connectivity index (χ1n) is 6.53. The first-order chi connectivity index (χ1) is 9.10. The van der Waals surface area contributed by atoms with Crippen LogP contribution in [0.3, 0.4) is 0 Å². The van der Waals surface area contributed by atoms with E-state index in [1.807, 2.05) is 0 Å². The number of hydrogen-bond acceptors (Lipinski definition) is 4. The SMILES string of the molecule is CCN1CCC(Nc2ccc([N+](=O)[O-])c(Cl)c2)CC1. The number of nitro groups is 1. The molecule has 0 unspecified atom stereocenters. The van der Waals surface area contributed by atoms with Crippen LogP contribution < -0.4 is 5.32 Å². The molecule has 0 aromatic heterocycles. The summed E-state index contributed by atoms with van der Waals surface area (Å²) < 4.78 is 0. The maximum absolute atomic E-state index is 10.7. The van der Waals surface area contributed by atoms with Crippen molar-refractivity contribution in [3.8, 4) is 0 Å². The zero-order valence-corrected chi connectivity index (χ0v) is 11.7. The Morgan fingerprint density at radius 1 is 1.47 bits per heavy atom. The van der Waals surface area contributed by atoms with Crippen molar-refractivity contribution in [3.05, 3.63) is 33.3 Å². The molecule has 1 saturated heterocycles. The van der Waals surface area contributed by atoms with Gasteiger partial charge in [0.1, 0.15) is 5.02 Å². The standard InChI is InChI=1S/C13H18ClN3O2/c1-2-16-7-5-10(6-8-16)15-11-3-4-13(17(18)19)12(14)9-11/h3-4,9-10,15H,2,5-8H2,1H3. The molecule has 5 nitrogen and oxygen atoms in total. The van der Waals surface area contributed by atoms with E-state index in [0.29, 0.717) is 6.04 Å². The van der Waals surface area contributed by atoms with Crippen LogP contribution in [0.5, 0.6) is 0 Å². The average Bonchev–Trinajstić information content (AvgIpc) is 2.39. The summed E-state index contributed by atoms with van der Waals surface area (Å²) in [6.07, 6.45) is 2.17. The zero-order valence-electron chi connectivity index (χ0n) is 10.9. The maximum Gasteiger partial charge on any atom is 0.288 e. The van der Waals surface area contributed by atoms with Gasteiger partial charge in [0.15, 0.2) is 0 Å². The Morgan fingerprint density at radius 2 is 2.16 bits per heavy atom. The third-order valence-corrected chi connectivity index (χ3v) is 3.85. The largest absolute Gasteiger partial charge is 0.382 e. The average molecular weight is 284 g/mol. The normalized spacial score (nSPS) is 17.4. The Bertz CT molecular complexity index is 459. The molecule has 0 atom stereocenters. The molecule has 1 fully saturated rings. The van der Waals surface area contributed by atoms with Gasteiger partial charge in [-0.3, -0.25) is 10.1 Å². The van der Waals surface area contributed by atoms with Gasteiger partial charge in [0.2, 0.25) is 0 Å². The molecule has 0 bridgehead atoms. The number of piperidine rings is 1. The minimum Gasteiger partial charge on any atom is -0.382 e. The third-order valence-electron chi connectivity index (χ3n) is 3.55. The number of benzene rings is 1. The highest BCUT2D eigenvalue weighted by atomic mass is 35.5. The molecule has 0 amide bonds. The lowest BCUT2D eigenvalue weighted by Gasteiger charge is -2.32. The molecule has 1 aromatic carbocycles. The fourth-order valence-electron chi connectivity index (χ4n) is 2.37. The van der Waals surface area contributed by atoms with Gasteiger partial charge in [-0.2, -0.15) is 0 Å². The van der Waals surface area contributed by atoms with Crippen molar-refractivity contribution in [2.45, 2.75) is 25.8 Å². The van der Waals surface area contributed by atoms with Crippen LogP contribution in [0.1, 0.15) is 19.8 Å². The molecule has 1 aliphatic heterocycles. The molecule has 0 spiro atoms. The van der Waals surface area contributed by atoms with Crippen LogP contribution in [0.2, 0.25) is 5.02 Å². The second kappa shape index (κ2) is 6.21. The van der Waals surface area contributed by atoms with Crippen LogP contribution in [0.25, 0.3) is 0 Å². The summed E-state index contributed by atoms with van der Waals surface area (Å²) in [7, 11) is 0. The number of nitro benzene ring substituents is 1. The van der Waals surface area contributed by atoms with Gasteiger partial charge in [0.05, 0.1) is 4.92 Å². The van der Waals surface area contributed by atoms with E-state index in [9.17, 15) is 10.1 Å². The molecule has 2 rings (SSSR count). The van der Waals surface area contributed by atoms with Gasteiger partial charge in [-0.25, -0.2) is 0 Å². The summed E-state index contributed by atoms with van der Waals surface area (Å²) in [5, 5.41) is 14.3. The number of nitrogens with one attached hydrogen (secondary N) is 1. The minimum atomic E-state index is -0.466. The van der Waals surface area contributed by atoms with Gasteiger partial charge >= 0.3 is 0 Å². The van der Waals surface area contributed by atoms with Crippen LogP contribution in [-0.4, -0.2) is 35.5 Å². The monoisotopic (exact) mass is 283 g/mol. The number of nitrogens with zero attached hydrogens (tertiary/aromatic N) is 2. The zero-order chi connectivity index (χ0) is 13.8. The van der Waals surface area contributed by atoms with E-state index in [0.717, 1.165) is 38.2 Å². The summed E-state index contributed by atoms with van der Waals surface area (Å²) in [4.78, 5) is 12.6. The lowest BCUT2D eigenvalue weighted by Crippen LogP contribution is -2.38. The molecule has 6 heteroatoms. The molecule has 1 aliphatic rings.